The summed E-state index contributed by atoms with van der Waals surface area (Å²) in [5.74, 6) is -0.169. The number of rotatable bonds is 2. The maximum Gasteiger partial charge on any atom is 0.325 e. The van der Waals surface area contributed by atoms with Crippen molar-refractivity contribution >= 4 is 23.3 Å². The first-order chi connectivity index (χ1) is 7.09. The third-order valence-corrected chi connectivity index (χ3v) is 3.70. The highest BCUT2D eigenvalue weighted by Gasteiger charge is 2.48. The Hall–Kier alpha value is -1.36. The molecule has 1 aromatic rings. The van der Waals surface area contributed by atoms with E-state index in [9.17, 15) is 9.59 Å². The van der Waals surface area contributed by atoms with Crippen LogP contribution in [0.25, 0.3) is 0 Å². The van der Waals surface area contributed by atoms with Gasteiger partial charge in [0.05, 0.1) is 0 Å². The van der Waals surface area contributed by atoms with Crippen LogP contribution in [0.1, 0.15) is 18.7 Å². The van der Waals surface area contributed by atoms with E-state index in [1.54, 1.807) is 13.8 Å². The summed E-state index contributed by atoms with van der Waals surface area (Å²) in [6, 6.07) is 3.43. The van der Waals surface area contributed by atoms with Gasteiger partial charge in [-0.05, 0) is 25.3 Å². The van der Waals surface area contributed by atoms with Crippen LogP contribution in [0.2, 0.25) is 0 Å². The van der Waals surface area contributed by atoms with Gasteiger partial charge in [0.1, 0.15) is 0 Å². The number of hydrogen-bond donors (Lipinski definition) is 1. The maximum atomic E-state index is 12.0. The monoisotopic (exact) mass is 224 g/mol. The lowest BCUT2D eigenvalue weighted by Gasteiger charge is -2.19. The Bertz CT molecular complexity index is 402. The molecule has 80 valence electrons. The number of thiophene rings is 1. The molecule has 1 fully saturated rings. The van der Waals surface area contributed by atoms with E-state index in [2.05, 4.69) is 5.32 Å². The van der Waals surface area contributed by atoms with Gasteiger partial charge >= 0.3 is 6.03 Å². The molecule has 1 aromatic heterocycles. The number of carbonyl (C=O) groups excluding carboxylic acids is 2. The van der Waals surface area contributed by atoms with E-state index in [1.807, 2.05) is 17.5 Å². The van der Waals surface area contributed by atoms with E-state index >= 15 is 0 Å². The molecular weight excluding hydrogens is 212 g/mol. The standard InChI is InChI=1S/C10H12N2O2S/c1-3-12-8(13)10(2,11-9(12)14)7-5-4-6-15-7/h4-6H,3H2,1-2H3,(H,11,14). The molecule has 0 bridgehead atoms. The minimum absolute atomic E-state index is 0.169. The molecule has 1 aliphatic rings. The van der Waals surface area contributed by atoms with Gasteiger partial charge in [0, 0.05) is 11.4 Å². The Morgan fingerprint density at radius 2 is 2.27 bits per heavy atom. The molecule has 1 N–H and O–H groups in total. The number of nitrogens with zero attached hydrogens (tertiary/aromatic N) is 1. The molecule has 2 rings (SSSR count). The van der Waals surface area contributed by atoms with Crippen molar-refractivity contribution in [2.75, 3.05) is 6.54 Å². The zero-order valence-corrected chi connectivity index (χ0v) is 9.43. The maximum absolute atomic E-state index is 12.0. The van der Waals surface area contributed by atoms with Crippen LogP contribution in [0.3, 0.4) is 0 Å². The molecule has 2 heterocycles. The quantitative estimate of drug-likeness (QED) is 0.774. The first-order valence-corrected chi connectivity index (χ1v) is 5.65. The zero-order valence-electron chi connectivity index (χ0n) is 8.61. The number of amides is 3. The number of imide groups is 1. The fourth-order valence-corrected chi connectivity index (χ4v) is 2.55. The van der Waals surface area contributed by atoms with Crippen LogP contribution in [0.4, 0.5) is 4.79 Å². The normalized spacial score (nSPS) is 25.9. The number of likely N-dealkylation sites (N-methyl/N-ethyl adjacent to an activating group) is 1. The van der Waals surface area contributed by atoms with Gasteiger partial charge in [-0.2, -0.15) is 0 Å². The summed E-state index contributed by atoms with van der Waals surface area (Å²) in [4.78, 5) is 25.6. The number of nitrogens with one attached hydrogen (secondary N) is 1. The van der Waals surface area contributed by atoms with Gasteiger partial charge < -0.3 is 5.32 Å². The molecule has 0 radical (unpaired) electrons. The Kier molecular flexibility index (Phi) is 2.26. The first kappa shape index (κ1) is 10.2. The summed E-state index contributed by atoms with van der Waals surface area (Å²) < 4.78 is 0. The van der Waals surface area contributed by atoms with Crippen molar-refractivity contribution in [1.29, 1.82) is 0 Å². The highest BCUT2D eigenvalue weighted by molar-refractivity contribution is 7.10. The summed E-state index contributed by atoms with van der Waals surface area (Å²) in [6.45, 7) is 3.94. The topological polar surface area (TPSA) is 49.4 Å². The summed E-state index contributed by atoms with van der Waals surface area (Å²) in [5, 5.41) is 4.63. The van der Waals surface area contributed by atoms with Crippen LogP contribution < -0.4 is 5.32 Å². The lowest BCUT2D eigenvalue weighted by Crippen LogP contribution is -2.40. The van der Waals surface area contributed by atoms with Crippen molar-refractivity contribution in [2.45, 2.75) is 19.4 Å². The molecule has 0 aliphatic carbocycles. The molecule has 5 heteroatoms. The molecule has 1 aliphatic heterocycles. The fraction of sp³-hybridized carbons (Fsp3) is 0.400. The van der Waals surface area contributed by atoms with E-state index < -0.39 is 5.54 Å². The van der Waals surface area contributed by atoms with Crippen molar-refractivity contribution < 1.29 is 9.59 Å². The van der Waals surface area contributed by atoms with Crippen molar-refractivity contribution in [3.63, 3.8) is 0 Å². The average Bonchev–Trinajstić information content (AvgIpc) is 2.76. The van der Waals surface area contributed by atoms with Gasteiger partial charge in [-0.3, -0.25) is 9.69 Å². The molecule has 0 spiro atoms. The van der Waals surface area contributed by atoms with Crippen molar-refractivity contribution in [2.24, 2.45) is 0 Å². The lowest BCUT2D eigenvalue weighted by atomic mass is 10.0. The minimum atomic E-state index is -0.874. The van der Waals surface area contributed by atoms with Crippen molar-refractivity contribution in [1.82, 2.24) is 10.2 Å². The van der Waals surface area contributed by atoms with Crippen LogP contribution in [0, 0.1) is 0 Å². The van der Waals surface area contributed by atoms with Crippen LogP contribution in [-0.4, -0.2) is 23.4 Å². The predicted octanol–water partition coefficient (Wildman–Crippen LogP) is 1.53. The van der Waals surface area contributed by atoms with Gasteiger partial charge in [0.15, 0.2) is 5.54 Å². The first-order valence-electron chi connectivity index (χ1n) is 4.77. The number of carbonyl (C=O) groups is 2. The molecule has 1 unspecified atom stereocenters. The third kappa shape index (κ3) is 1.34. The van der Waals surface area contributed by atoms with Crippen LogP contribution in [0.15, 0.2) is 17.5 Å². The van der Waals surface area contributed by atoms with Gasteiger partial charge in [0.2, 0.25) is 0 Å². The third-order valence-electron chi connectivity index (χ3n) is 2.61. The van der Waals surface area contributed by atoms with E-state index in [-0.39, 0.29) is 11.9 Å². The second-order valence-corrected chi connectivity index (χ2v) is 4.53. The molecule has 4 nitrogen and oxygen atoms in total. The fourth-order valence-electron chi connectivity index (χ4n) is 1.71. The predicted molar refractivity (Wildman–Crippen MR) is 57.6 cm³/mol. The smallest absolute Gasteiger partial charge is 0.319 e. The molecule has 15 heavy (non-hydrogen) atoms. The highest BCUT2D eigenvalue weighted by atomic mass is 32.1. The van der Waals surface area contributed by atoms with Gasteiger partial charge in [0.25, 0.3) is 5.91 Å². The van der Waals surface area contributed by atoms with Gasteiger partial charge in [-0.15, -0.1) is 11.3 Å². The Morgan fingerprint density at radius 3 is 2.73 bits per heavy atom. The molecule has 1 atom stereocenters. The summed E-state index contributed by atoms with van der Waals surface area (Å²) >= 11 is 1.48. The highest BCUT2D eigenvalue weighted by Crippen LogP contribution is 2.31. The average molecular weight is 224 g/mol. The van der Waals surface area contributed by atoms with E-state index in [4.69, 9.17) is 0 Å². The Labute approximate surface area is 91.9 Å². The molecule has 0 saturated carbocycles. The number of hydrogen-bond acceptors (Lipinski definition) is 3. The summed E-state index contributed by atoms with van der Waals surface area (Å²) in [6.07, 6.45) is 0. The SMILES string of the molecule is CCN1C(=O)NC(C)(c2cccs2)C1=O. The van der Waals surface area contributed by atoms with E-state index in [0.717, 1.165) is 4.88 Å². The zero-order chi connectivity index (χ0) is 11.1. The van der Waals surface area contributed by atoms with E-state index in [1.165, 1.54) is 16.2 Å². The largest absolute Gasteiger partial charge is 0.325 e. The second kappa shape index (κ2) is 3.34. The van der Waals surface area contributed by atoms with Gasteiger partial charge in [-0.1, -0.05) is 6.07 Å². The van der Waals surface area contributed by atoms with Crippen molar-refractivity contribution in [3.8, 4) is 0 Å². The van der Waals surface area contributed by atoms with Crippen LogP contribution in [-0.2, 0) is 10.3 Å². The molecule has 1 saturated heterocycles. The summed E-state index contributed by atoms with van der Waals surface area (Å²) in [7, 11) is 0. The van der Waals surface area contributed by atoms with Crippen LogP contribution >= 0.6 is 11.3 Å². The summed E-state index contributed by atoms with van der Waals surface area (Å²) in [5.41, 5.74) is -0.874. The van der Waals surface area contributed by atoms with Crippen molar-refractivity contribution in [3.05, 3.63) is 22.4 Å². The Balaban J connectivity index is 2.40. The molecule has 3 amide bonds. The molecule has 0 aromatic carbocycles. The molecular formula is C10H12N2O2S. The lowest BCUT2D eigenvalue weighted by molar-refractivity contribution is -0.130. The minimum Gasteiger partial charge on any atom is -0.319 e. The second-order valence-electron chi connectivity index (χ2n) is 3.58. The van der Waals surface area contributed by atoms with E-state index in [0.29, 0.717) is 6.54 Å². The number of urea groups is 1. The van der Waals surface area contributed by atoms with Crippen LogP contribution in [0.5, 0.6) is 0 Å². The van der Waals surface area contributed by atoms with Gasteiger partial charge in [-0.25, -0.2) is 4.79 Å². The Morgan fingerprint density at radius 1 is 1.53 bits per heavy atom.